The molecule has 1 atom stereocenters. The second-order valence-electron chi connectivity index (χ2n) is 3.65. The Kier molecular flexibility index (Phi) is 6.22. The summed E-state index contributed by atoms with van der Waals surface area (Å²) in [4.78, 5) is 0. The van der Waals surface area contributed by atoms with Gasteiger partial charge in [-0.05, 0) is 35.6 Å². The van der Waals surface area contributed by atoms with Crippen molar-refractivity contribution in [1.82, 2.24) is 0 Å². The zero-order chi connectivity index (χ0) is 12.7. The van der Waals surface area contributed by atoms with Gasteiger partial charge in [0, 0.05) is 6.07 Å². The van der Waals surface area contributed by atoms with E-state index in [1.807, 2.05) is 23.9 Å². The van der Waals surface area contributed by atoms with Crippen molar-refractivity contribution in [3.63, 3.8) is 0 Å². The standard InChI is InChI=1S/C13H20O3S/c1-4-17-6-5-13(14)10-7-11(15-2)9-12(8-10)16-3/h7-9,13-14H,4-6H2,1-3H3. The van der Waals surface area contributed by atoms with Crippen molar-refractivity contribution in [2.24, 2.45) is 0 Å². The second-order valence-corrected chi connectivity index (χ2v) is 5.04. The third-order valence-corrected chi connectivity index (χ3v) is 3.43. The molecule has 0 amide bonds. The minimum atomic E-state index is -0.460. The predicted molar refractivity (Wildman–Crippen MR) is 72.1 cm³/mol. The number of aliphatic hydroxyl groups is 1. The summed E-state index contributed by atoms with van der Waals surface area (Å²) in [5.74, 6) is 3.45. The molecule has 1 unspecified atom stereocenters. The van der Waals surface area contributed by atoms with E-state index in [0.717, 1.165) is 23.5 Å². The molecule has 0 aliphatic rings. The molecule has 0 aliphatic heterocycles. The van der Waals surface area contributed by atoms with Gasteiger partial charge in [0.2, 0.25) is 0 Å². The Bertz CT molecular complexity index is 319. The van der Waals surface area contributed by atoms with Crippen LogP contribution in [-0.4, -0.2) is 30.8 Å². The second kappa shape index (κ2) is 7.45. The average Bonchev–Trinajstić information content (AvgIpc) is 2.38. The fraction of sp³-hybridized carbons (Fsp3) is 0.538. The summed E-state index contributed by atoms with van der Waals surface area (Å²) in [7, 11) is 3.22. The van der Waals surface area contributed by atoms with Crippen LogP contribution in [0, 0.1) is 0 Å². The van der Waals surface area contributed by atoms with Gasteiger partial charge in [0.25, 0.3) is 0 Å². The van der Waals surface area contributed by atoms with E-state index in [0.29, 0.717) is 11.5 Å². The van der Waals surface area contributed by atoms with Crippen LogP contribution in [0.2, 0.25) is 0 Å². The minimum Gasteiger partial charge on any atom is -0.497 e. The minimum absolute atomic E-state index is 0.460. The largest absolute Gasteiger partial charge is 0.497 e. The lowest BCUT2D eigenvalue weighted by Gasteiger charge is -2.13. The molecule has 0 saturated carbocycles. The summed E-state index contributed by atoms with van der Waals surface area (Å²) < 4.78 is 10.4. The fourth-order valence-electron chi connectivity index (χ4n) is 1.53. The highest BCUT2D eigenvalue weighted by Gasteiger charge is 2.10. The van der Waals surface area contributed by atoms with Gasteiger partial charge >= 0.3 is 0 Å². The normalized spacial score (nSPS) is 12.2. The maximum absolute atomic E-state index is 10.1. The highest BCUT2D eigenvalue weighted by molar-refractivity contribution is 7.99. The van der Waals surface area contributed by atoms with Crippen LogP contribution in [0.25, 0.3) is 0 Å². The number of aliphatic hydroxyl groups excluding tert-OH is 1. The first-order chi connectivity index (χ1) is 8.21. The predicted octanol–water partition coefficient (Wildman–Crippen LogP) is 2.88. The van der Waals surface area contributed by atoms with E-state index in [-0.39, 0.29) is 0 Å². The zero-order valence-electron chi connectivity index (χ0n) is 10.6. The number of benzene rings is 1. The van der Waals surface area contributed by atoms with E-state index in [4.69, 9.17) is 9.47 Å². The summed E-state index contributed by atoms with van der Waals surface area (Å²) in [6, 6.07) is 5.50. The molecule has 1 rings (SSSR count). The van der Waals surface area contributed by atoms with Crippen molar-refractivity contribution in [3.8, 4) is 11.5 Å². The topological polar surface area (TPSA) is 38.7 Å². The molecule has 0 aliphatic carbocycles. The van der Waals surface area contributed by atoms with Crippen LogP contribution in [0.5, 0.6) is 11.5 Å². The van der Waals surface area contributed by atoms with E-state index in [1.165, 1.54) is 0 Å². The molecule has 0 bridgehead atoms. The highest BCUT2D eigenvalue weighted by atomic mass is 32.2. The smallest absolute Gasteiger partial charge is 0.122 e. The van der Waals surface area contributed by atoms with Crippen molar-refractivity contribution in [3.05, 3.63) is 23.8 Å². The molecule has 1 N–H and O–H groups in total. The third-order valence-electron chi connectivity index (χ3n) is 2.50. The monoisotopic (exact) mass is 256 g/mol. The number of rotatable bonds is 7. The third kappa shape index (κ3) is 4.48. The molecule has 0 aromatic heterocycles. The Labute approximate surface area is 107 Å². The van der Waals surface area contributed by atoms with Crippen molar-refractivity contribution < 1.29 is 14.6 Å². The zero-order valence-corrected chi connectivity index (χ0v) is 11.4. The first-order valence-corrected chi connectivity index (χ1v) is 6.85. The Hall–Kier alpha value is -0.870. The molecule has 0 spiro atoms. The van der Waals surface area contributed by atoms with E-state index in [2.05, 4.69) is 6.92 Å². The molecular weight excluding hydrogens is 236 g/mol. The van der Waals surface area contributed by atoms with Crippen LogP contribution in [0.4, 0.5) is 0 Å². The number of ether oxygens (including phenoxy) is 2. The van der Waals surface area contributed by atoms with E-state index in [9.17, 15) is 5.11 Å². The van der Waals surface area contributed by atoms with Crippen LogP contribution < -0.4 is 9.47 Å². The van der Waals surface area contributed by atoms with Crippen LogP contribution in [0.3, 0.4) is 0 Å². The van der Waals surface area contributed by atoms with Gasteiger partial charge in [-0.25, -0.2) is 0 Å². The highest BCUT2D eigenvalue weighted by Crippen LogP contribution is 2.28. The summed E-state index contributed by atoms with van der Waals surface area (Å²) in [6.07, 6.45) is 0.285. The quantitative estimate of drug-likeness (QED) is 0.761. The van der Waals surface area contributed by atoms with Crippen LogP contribution >= 0.6 is 11.8 Å². The molecule has 0 saturated heterocycles. The molecular formula is C13H20O3S. The number of thioether (sulfide) groups is 1. The molecule has 4 heteroatoms. The van der Waals surface area contributed by atoms with Gasteiger partial charge in [0.15, 0.2) is 0 Å². The maximum Gasteiger partial charge on any atom is 0.122 e. The first-order valence-electron chi connectivity index (χ1n) is 5.70. The van der Waals surface area contributed by atoms with Crippen molar-refractivity contribution in [1.29, 1.82) is 0 Å². The van der Waals surface area contributed by atoms with Gasteiger partial charge in [-0.15, -0.1) is 0 Å². The summed E-state index contributed by atoms with van der Waals surface area (Å²) in [5, 5.41) is 10.1. The fourth-order valence-corrected chi connectivity index (χ4v) is 2.21. The molecule has 1 aromatic rings. The molecule has 3 nitrogen and oxygen atoms in total. The van der Waals surface area contributed by atoms with Gasteiger partial charge in [-0.2, -0.15) is 11.8 Å². The lowest BCUT2D eigenvalue weighted by atomic mass is 10.1. The van der Waals surface area contributed by atoms with Gasteiger partial charge in [-0.1, -0.05) is 6.92 Å². The molecule has 0 fully saturated rings. The lowest BCUT2D eigenvalue weighted by molar-refractivity contribution is 0.174. The van der Waals surface area contributed by atoms with Crippen LogP contribution in [-0.2, 0) is 0 Å². The van der Waals surface area contributed by atoms with Gasteiger partial charge in [-0.3, -0.25) is 0 Å². The molecule has 96 valence electrons. The van der Waals surface area contributed by atoms with Crippen molar-refractivity contribution in [2.75, 3.05) is 25.7 Å². The summed E-state index contributed by atoms with van der Waals surface area (Å²) in [5.41, 5.74) is 0.845. The Morgan fingerprint density at radius 2 is 1.76 bits per heavy atom. The first kappa shape index (κ1) is 14.2. The van der Waals surface area contributed by atoms with Gasteiger partial charge in [0.1, 0.15) is 11.5 Å². The van der Waals surface area contributed by atoms with Crippen LogP contribution in [0.15, 0.2) is 18.2 Å². The van der Waals surface area contributed by atoms with E-state index >= 15 is 0 Å². The number of hydrogen-bond acceptors (Lipinski definition) is 4. The Morgan fingerprint density at radius 3 is 2.24 bits per heavy atom. The summed E-state index contributed by atoms with van der Waals surface area (Å²) >= 11 is 1.83. The SMILES string of the molecule is CCSCCC(O)c1cc(OC)cc(OC)c1. The van der Waals surface area contributed by atoms with Crippen molar-refractivity contribution >= 4 is 11.8 Å². The number of methoxy groups -OCH3 is 2. The Morgan fingerprint density at radius 1 is 1.18 bits per heavy atom. The molecule has 0 heterocycles. The van der Waals surface area contributed by atoms with Crippen molar-refractivity contribution in [2.45, 2.75) is 19.4 Å². The van der Waals surface area contributed by atoms with E-state index in [1.54, 1.807) is 20.3 Å². The van der Waals surface area contributed by atoms with Crippen LogP contribution in [0.1, 0.15) is 25.0 Å². The summed E-state index contributed by atoms with van der Waals surface area (Å²) in [6.45, 7) is 2.12. The van der Waals surface area contributed by atoms with E-state index < -0.39 is 6.10 Å². The number of hydrogen-bond donors (Lipinski definition) is 1. The molecule has 17 heavy (non-hydrogen) atoms. The lowest BCUT2D eigenvalue weighted by Crippen LogP contribution is -2.00. The molecule has 1 aromatic carbocycles. The average molecular weight is 256 g/mol. The molecule has 0 radical (unpaired) electrons. The maximum atomic E-state index is 10.1. The Balaban J connectivity index is 2.73. The van der Waals surface area contributed by atoms with Gasteiger partial charge < -0.3 is 14.6 Å². The van der Waals surface area contributed by atoms with Gasteiger partial charge in [0.05, 0.1) is 20.3 Å².